The second-order valence-electron chi connectivity index (χ2n) is 3.10. The smallest absolute Gasteiger partial charge is 0.320 e. The van der Waals surface area contributed by atoms with E-state index in [2.05, 4.69) is 0 Å². The average molecular weight is 183 g/mol. The second kappa shape index (κ2) is 4.20. The summed E-state index contributed by atoms with van der Waals surface area (Å²) in [5.41, 5.74) is 5.34. The van der Waals surface area contributed by atoms with Crippen LogP contribution in [0, 0.1) is 5.92 Å². The number of aliphatic hydroxyl groups is 1. The molecule has 1 aliphatic carbocycles. The van der Waals surface area contributed by atoms with E-state index >= 15 is 0 Å². The standard InChI is InChI=1S/C9H13NO3/c10-7(9(12)13)5-6-3-1-2-4-8(6)11/h1-4,6-8,11H,5,10H2,(H,12,13). The van der Waals surface area contributed by atoms with Crippen LogP contribution in [0.1, 0.15) is 6.42 Å². The van der Waals surface area contributed by atoms with E-state index in [4.69, 9.17) is 10.8 Å². The van der Waals surface area contributed by atoms with Crippen LogP contribution in [-0.2, 0) is 4.79 Å². The highest BCUT2D eigenvalue weighted by Crippen LogP contribution is 2.17. The lowest BCUT2D eigenvalue weighted by molar-refractivity contribution is -0.139. The van der Waals surface area contributed by atoms with E-state index in [-0.39, 0.29) is 12.3 Å². The number of aliphatic hydroxyl groups excluding tert-OH is 1. The van der Waals surface area contributed by atoms with Gasteiger partial charge >= 0.3 is 5.97 Å². The molecule has 1 aliphatic rings. The molecule has 0 aromatic rings. The first-order chi connectivity index (χ1) is 6.11. The Balaban J connectivity index is 2.49. The Kier molecular flexibility index (Phi) is 3.22. The van der Waals surface area contributed by atoms with Crippen LogP contribution in [0.25, 0.3) is 0 Å². The van der Waals surface area contributed by atoms with E-state index in [1.807, 2.05) is 0 Å². The number of aliphatic carboxylic acids is 1. The minimum atomic E-state index is -1.03. The Morgan fingerprint density at radius 3 is 2.62 bits per heavy atom. The van der Waals surface area contributed by atoms with Gasteiger partial charge in [0, 0.05) is 5.92 Å². The molecule has 3 unspecified atom stereocenters. The van der Waals surface area contributed by atoms with E-state index in [9.17, 15) is 9.90 Å². The maximum atomic E-state index is 10.4. The highest BCUT2D eigenvalue weighted by atomic mass is 16.4. The summed E-state index contributed by atoms with van der Waals surface area (Å²) in [7, 11) is 0. The fourth-order valence-corrected chi connectivity index (χ4v) is 1.25. The molecular weight excluding hydrogens is 170 g/mol. The number of hydrogen-bond donors (Lipinski definition) is 3. The topological polar surface area (TPSA) is 83.5 Å². The summed E-state index contributed by atoms with van der Waals surface area (Å²) in [5.74, 6) is -1.22. The first-order valence-corrected chi connectivity index (χ1v) is 4.12. The molecule has 13 heavy (non-hydrogen) atoms. The molecule has 0 saturated heterocycles. The third kappa shape index (κ3) is 2.68. The zero-order chi connectivity index (χ0) is 9.84. The summed E-state index contributed by atoms with van der Waals surface area (Å²) in [6.45, 7) is 0. The molecule has 0 heterocycles. The monoisotopic (exact) mass is 183 g/mol. The van der Waals surface area contributed by atoms with E-state index in [0.29, 0.717) is 0 Å². The van der Waals surface area contributed by atoms with Gasteiger partial charge in [0.05, 0.1) is 6.10 Å². The first-order valence-electron chi connectivity index (χ1n) is 4.12. The van der Waals surface area contributed by atoms with Crippen molar-refractivity contribution in [3.05, 3.63) is 24.3 Å². The number of carboxylic acid groups (broad SMARTS) is 1. The van der Waals surface area contributed by atoms with Crippen molar-refractivity contribution >= 4 is 5.97 Å². The van der Waals surface area contributed by atoms with Crippen molar-refractivity contribution in [3.8, 4) is 0 Å². The van der Waals surface area contributed by atoms with Gasteiger partial charge in [0.1, 0.15) is 6.04 Å². The molecule has 0 radical (unpaired) electrons. The number of rotatable bonds is 3. The van der Waals surface area contributed by atoms with E-state index in [0.717, 1.165) is 0 Å². The molecule has 1 rings (SSSR count). The summed E-state index contributed by atoms with van der Waals surface area (Å²) in [6, 6.07) is -0.907. The largest absolute Gasteiger partial charge is 0.480 e. The summed E-state index contributed by atoms with van der Waals surface area (Å²) < 4.78 is 0. The first kappa shape index (κ1) is 9.95. The van der Waals surface area contributed by atoms with Gasteiger partial charge in [-0.2, -0.15) is 0 Å². The van der Waals surface area contributed by atoms with Crippen molar-refractivity contribution in [3.63, 3.8) is 0 Å². The predicted octanol–water partition coefficient (Wildman–Crippen LogP) is -0.109. The number of nitrogens with two attached hydrogens (primary N) is 1. The fraction of sp³-hybridized carbons (Fsp3) is 0.444. The van der Waals surface area contributed by atoms with Gasteiger partial charge < -0.3 is 15.9 Å². The summed E-state index contributed by atoms with van der Waals surface area (Å²) in [4.78, 5) is 10.4. The van der Waals surface area contributed by atoms with E-state index in [1.165, 1.54) is 0 Å². The van der Waals surface area contributed by atoms with Crippen LogP contribution in [-0.4, -0.2) is 28.3 Å². The minimum Gasteiger partial charge on any atom is -0.480 e. The van der Waals surface area contributed by atoms with Crippen molar-refractivity contribution in [2.75, 3.05) is 0 Å². The third-order valence-corrected chi connectivity index (χ3v) is 2.06. The zero-order valence-electron chi connectivity index (χ0n) is 7.13. The minimum absolute atomic E-state index is 0.184. The summed E-state index contributed by atoms with van der Waals surface area (Å²) in [5, 5.41) is 18.0. The van der Waals surface area contributed by atoms with Crippen LogP contribution in [0.4, 0.5) is 0 Å². The molecule has 0 spiro atoms. The van der Waals surface area contributed by atoms with Crippen LogP contribution in [0.2, 0.25) is 0 Å². The predicted molar refractivity (Wildman–Crippen MR) is 48.0 cm³/mol. The number of allylic oxidation sites excluding steroid dienone is 2. The average Bonchev–Trinajstić information content (AvgIpc) is 2.08. The van der Waals surface area contributed by atoms with Crippen molar-refractivity contribution in [2.45, 2.75) is 18.6 Å². The normalized spacial score (nSPS) is 28.8. The molecule has 0 amide bonds. The van der Waals surface area contributed by atoms with E-state index in [1.54, 1.807) is 24.3 Å². The molecule has 3 atom stereocenters. The SMILES string of the molecule is NC(CC1C=CC=CC1O)C(=O)O. The third-order valence-electron chi connectivity index (χ3n) is 2.06. The van der Waals surface area contributed by atoms with Crippen molar-refractivity contribution in [2.24, 2.45) is 11.7 Å². The van der Waals surface area contributed by atoms with Gasteiger partial charge in [-0.1, -0.05) is 24.3 Å². The molecule has 0 fully saturated rings. The van der Waals surface area contributed by atoms with E-state index < -0.39 is 18.1 Å². The molecule has 4 nitrogen and oxygen atoms in total. The summed E-state index contributed by atoms with van der Waals surface area (Å²) in [6.07, 6.45) is 6.55. The molecule has 0 aromatic heterocycles. The second-order valence-corrected chi connectivity index (χ2v) is 3.10. The van der Waals surface area contributed by atoms with Gasteiger partial charge in [0.25, 0.3) is 0 Å². The Bertz CT molecular complexity index is 247. The molecule has 0 saturated carbocycles. The Morgan fingerprint density at radius 2 is 2.08 bits per heavy atom. The number of carboxylic acids is 1. The molecule has 0 aromatic carbocycles. The van der Waals surface area contributed by atoms with Crippen LogP contribution in [0.5, 0.6) is 0 Å². The molecule has 72 valence electrons. The van der Waals surface area contributed by atoms with Gasteiger partial charge in [0.2, 0.25) is 0 Å². The van der Waals surface area contributed by atoms with Crippen LogP contribution >= 0.6 is 0 Å². The quantitative estimate of drug-likeness (QED) is 0.570. The maximum absolute atomic E-state index is 10.4. The van der Waals surface area contributed by atoms with Crippen molar-refractivity contribution in [1.82, 2.24) is 0 Å². The molecule has 0 bridgehead atoms. The van der Waals surface area contributed by atoms with Gasteiger partial charge in [0.15, 0.2) is 0 Å². The Morgan fingerprint density at radius 1 is 1.46 bits per heavy atom. The lowest BCUT2D eigenvalue weighted by atomic mass is 9.91. The Labute approximate surface area is 76.4 Å². The van der Waals surface area contributed by atoms with Crippen LogP contribution in [0.3, 0.4) is 0 Å². The van der Waals surface area contributed by atoms with Crippen molar-refractivity contribution < 1.29 is 15.0 Å². The van der Waals surface area contributed by atoms with Gasteiger partial charge in [-0.15, -0.1) is 0 Å². The summed E-state index contributed by atoms with van der Waals surface area (Å²) >= 11 is 0. The van der Waals surface area contributed by atoms with Gasteiger partial charge in [-0.3, -0.25) is 4.79 Å². The highest BCUT2D eigenvalue weighted by Gasteiger charge is 2.22. The Hall–Kier alpha value is -1.13. The lowest BCUT2D eigenvalue weighted by Gasteiger charge is -2.20. The lowest BCUT2D eigenvalue weighted by Crippen LogP contribution is -2.35. The fourth-order valence-electron chi connectivity index (χ4n) is 1.25. The van der Waals surface area contributed by atoms with Crippen molar-refractivity contribution in [1.29, 1.82) is 0 Å². The zero-order valence-corrected chi connectivity index (χ0v) is 7.13. The molecule has 4 N–H and O–H groups in total. The van der Waals surface area contributed by atoms with Crippen LogP contribution in [0.15, 0.2) is 24.3 Å². The molecular formula is C9H13NO3. The molecule has 4 heteroatoms. The van der Waals surface area contributed by atoms with Gasteiger partial charge in [-0.05, 0) is 6.42 Å². The molecule has 0 aliphatic heterocycles. The van der Waals surface area contributed by atoms with Gasteiger partial charge in [-0.25, -0.2) is 0 Å². The number of hydrogen-bond acceptors (Lipinski definition) is 3. The maximum Gasteiger partial charge on any atom is 0.320 e. The van der Waals surface area contributed by atoms with Crippen LogP contribution < -0.4 is 5.73 Å². The number of carbonyl (C=O) groups is 1. The highest BCUT2D eigenvalue weighted by molar-refractivity contribution is 5.73.